The van der Waals surface area contributed by atoms with Gasteiger partial charge in [-0.1, -0.05) is 43.3 Å². The van der Waals surface area contributed by atoms with Crippen LogP contribution >= 0.6 is 0 Å². The molecule has 5 unspecified atom stereocenters. The van der Waals surface area contributed by atoms with Crippen molar-refractivity contribution in [2.45, 2.75) is 103 Å². The molecule has 3 aliphatic rings. The molecule has 0 aliphatic heterocycles. The van der Waals surface area contributed by atoms with Crippen molar-refractivity contribution in [1.82, 2.24) is 0 Å². The van der Waals surface area contributed by atoms with Crippen LogP contribution in [0.1, 0.15) is 95.2 Å². The zero-order chi connectivity index (χ0) is 30.3. The third kappa shape index (κ3) is 5.70. The molecule has 2 aromatic rings. The van der Waals surface area contributed by atoms with Crippen LogP contribution in [0, 0.1) is 28.6 Å². The van der Waals surface area contributed by atoms with E-state index in [4.69, 9.17) is 9.47 Å². The average Bonchev–Trinajstić information content (AvgIpc) is 3.18. The second-order valence-corrected chi connectivity index (χ2v) is 14.1. The molecular weight excluding hydrogens is 541 g/mol. The summed E-state index contributed by atoms with van der Waals surface area (Å²) >= 11 is 0. The number of alkyl halides is 3. The Labute approximate surface area is 248 Å². The summed E-state index contributed by atoms with van der Waals surface area (Å²) in [6.07, 6.45) is -0.465. The van der Waals surface area contributed by atoms with Gasteiger partial charge in [0.25, 0.3) is 0 Å². The lowest BCUT2D eigenvalue weighted by molar-refractivity contribution is -0.300. The fourth-order valence-corrected chi connectivity index (χ4v) is 8.34. The number of fused-ring (bicyclic) bond motifs is 5. The highest BCUT2D eigenvalue weighted by Crippen LogP contribution is 2.69. The molecular formula is C35H45F3O4. The van der Waals surface area contributed by atoms with Crippen molar-refractivity contribution in [3.05, 3.63) is 65.2 Å². The van der Waals surface area contributed by atoms with E-state index in [1.807, 2.05) is 36.4 Å². The van der Waals surface area contributed by atoms with Crippen molar-refractivity contribution in [2.75, 3.05) is 6.61 Å². The van der Waals surface area contributed by atoms with Crippen molar-refractivity contribution in [1.29, 1.82) is 0 Å². The van der Waals surface area contributed by atoms with Gasteiger partial charge >= 0.3 is 12.1 Å². The van der Waals surface area contributed by atoms with E-state index in [-0.39, 0.29) is 42.7 Å². The van der Waals surface area contributed by atoms with Gasteiger partial charge in [0.05, 0.1) is 12.0 Å². The maximum atomic E-state index is 14.6. The van der Waals surface area contributed by atoms with Gasteiger partial charge in [0.1, 0.15) is 12.4 Å². The largest absolute Gasteiger partial charge is 0.489 e. The van der Waals surface area contributed by atoms with Gasteiger partial charge in [0, 0.05) is 5.41 Å². The number of benzene rings is 2. The first-order valence-electron chi connectivity index (χ1n) is 15.5. The summed E-state index contributed by atoms with van der Waals surface area (Å²) in [6, 6.07) is 16.2. The summed E-state index contributed by atoms with van der Waals surface area (Å²) < 4.78 is 55.1. The molecule has 0 spiro atoms. The number of carbonyl (C=O) groups excluding carboxylic acids is 1. The zero-order valence-corrected chi connectivity index (χ0v) is 25.3. The van der Waals surface area contributed by atoms with Gasteiger partial charge in [0.2, 0.25) is 0 Å². The van der Waals surface area contributed by atoms with E-state index in [1.165, 1.54) is 11.1 Å². The average molecular weight is 587 g/mol. The van der Waals surface area contributed by atoms with E-state index in [2.05, 4.69) is 12.1 Å². The minimum Gasteiger partial charge on any atom is -0.489 e. The van der Waals surface area contributed by atoms with Gasteiger partial charge in [-0.05, 0) is 125 Å². The Bertz CT molecular complexity index is 1250. The van der Waals surface area contributed by atoms with E-state index in [0.29, 0.717) is 38.7 Å². The molecule has 0 heterocycles. The third-order valence-corrected chi connectivity index (χ3v) is 10.5. The van der Waals surface area contributed by atoms with Gasteiger partial charge in [-0.15, -0.1) is 0 Å². The Morgan fingerprint density at radius 3 is 2.48 bits per heavy atom. The van der Waals surface area contributed by atoms with Crippen LogP contribution in [0.2, 0.25) is 0 Å². The Hall–Kier alpha value is -2.54. The summed E-state index contributed by atoms with van der Waals surface area (Å²) in [4.78, 5) is 12.1. The molecule has 5 rings (SSSR count). The number of hydrogen-bond acceptors (Lipinski definition) is 4. The monoisotopic (exact) mass is 586 g/mol. The van der Waals surface area contributed by atoms with Crippen LogP contribution in [0.25, 0.3) is 0 Å². The molecule has 1 N–H and O–H groups in total. The highest BCUT2D eigenvalue weighted by Gasteiger charge is 2.73. The van der Waals surface area contributed by atoms with Crippen molar-refractivity contribution in [3.8, 4) is 5.75 Å². The lowest BCUT2D eigenvalue weighted by atomic mass is 9.52. The summed E-state index contributed by atoms with van der Waals surface area (Å²) in [7, 11) is 0. The van der Waals surface area contributed by atoms with Crippen LogP contribution < -0.4 is 4.74 Å². The molecule has 2 saturated carbocycles. The highest BCUT2D eigenvalue weighted by molar-refractivity contribution is 5.75. The number of halogens is 3. The van der Waals surface area contributed by atoms with E-state index >= 15 is 0 Å². The number of carbonyl (C=O) groups is 1. The number of ether oxygens (including phenoxy) is 2. The van der Waals surface area contributed by atoms with Crippen molar-refractivity contribution < 1.29 is 32.5 Å². The molecule has 42 heavy (non-hydrogen) atoms. The maximum absolute atomic E-state index is 14.6. The number of hydrogen-bond donors (Lipinski definition) is 1. The topological polar surface area (TPSA) is 55.8 Å². The molecule has 6 atom stereocenters. The first-order chi connectivity index (χ1) is 19.7. The van der Waals surface area contributed by atoms with Gasteiger partial charge in [-0.3, -0.25) is 4.79 Å². The van der Waals surface area contributed by atoms with Crippen LogP contribution in [0.15, 0.2) is 48.5 Å². The second-order valence-electron chi connectivity index (χ2n) is 14.1. The first-order valence-corrected chi connectivity index (χ1v) is 15.5. The predicted molar refractivity (Wildman–Crippen MR) is 156 cm³/mol. The minimum absolute atomic E-state index is 0.0902. The number of esters is 1. The smallest absolute Gasteiger partial charge is 0.417 e. The summed E-state index contributed by atoms with van der Waals surface area (Å²) in [6.45, 7) is 7.84. The molecule has 2 aromatic carbocycles. The molecule has 2 fully saturated rings. The van der Waals surface area contributed by atoms with Gasteiger partial charge in [-0.2, -0.15) is 13.2 Å². The maximum Gasteiger partial charge on any atom is 0.417 e. The molecule has 0 aromatic heterocycles. The molecule has 0 radical (unpaired) electrons. The highest BCUT2D eigenvalue weighted by atomic mass is 19.4. The van der Waals surface area contributed by atoms with Crippen molar-refractivity contribution in [3.63, 3.8) is 0 Å². The van der Waals surface area contributed by atoms with Gasteiger partial charge < -0.3 is 14.6 Å². The normalized spacial score (nSPS) is 30.7. The van der Waals surface area contributed by atoms with E-state index in [9.17, 15) is 23.1 Å². The fourth-order valence-electron chi connectivity index (χ4n) is 8.34. The molecule has 0 saturated heterocycles. The van der Waals surface area contributed by atoms with Gasteiger partial charge in [-0.25, -0.2) is 0 Å². The summed E-state index contributed by atoms with van der Waals surface area (Å²) in [5.41, 5.74) is -0.930. The molecule has 0 amide bonds. The molecule has 3 aliphatic carbocycles. The third-order valence-electron chi connectivity index (χ3n) is 10.5. The number of unbranched alkanes of at least 4 members (excludes halogenated alkanes) is 1. The predicted octanol–water partition coefficient (Wildman–Crippen LogP) is 8.40. The van der Waals surface area contributed by atoms with E-state index in [1.54, 1.807) is 27.7 Å². The SMILES string of the molecule is CC(C)(C)C(=O)OCCCCC1CC(O)(C(F)(F)F)[C@@]2(C)CCC3c4ccc(OCc5ccccc5)cc4CCC3C12. The van der Waals surface area contributed by atoms with Crippen LogP contribution in [0.3, 0.4) is 0 Å². The number of rotatable bonds is 8. The summed E-state index contributed by atoms with van der Waals surface area (Å²) in [5.74, 6) is 0.360. The molecule has 4 nitrogen and oxygen atoms in total. The first kappa shape index (κ1) is 30.9. The number of aryl methyl sites for hydroxylation is 1. The molecule has 7 heteroatoms. The van der Waals surface area contributed by atoms with Gasteiger partial charge in [0.15, 0.2) is 5.60 Å². The minimum atomic E-state index is -4.68. The Kier molecular flexibility index (Phi) is 8.47. The quantitative estimate of drug-likeness (QED) is 0.249. The Morgan fingerprint density at radius 2 is 1.79 bits per heavy atom. The standard InChI is InChI=1S/C35H45F3O4/c1-32(2,3)31(39)41-19-9-8-12-25-21-34(40,35(36,37)38)33(4)18-17-28-27-16-14-26(42-22-23-10-6-5-7-11-23)20-24(27)13-15-29(28)30(25)33/h5-7,10-11,14,16,20,25,28-30,40H,8-9,12-13,15,17-19,21-22H2,1-4H3/t25?,28?,29?,30?,33-,34?/m0/s1. The molecule has 230 valence electrons. The summed E-state index contributed by atoms with van der Waals surface area (Å²) in [5, 5.41) is 11.4. The van der Waals surface area contributed by atoms with E-state index in [0.717, 1.165) is 24.2 Å². The molecule has 0 bridgehead atoms. The lowest BCUT2D eigenvalue weighted by Gasteiger charge is -2.54. The van der Waals surface area contributed by atoms with Crippen molar-refractivity contribution in [2.24, 2.45) is 28.6 Å². The fraction of sp³-hybridized carbons (Fsp3) is 0.629. The van der Waals surface area contributed by atoms with Crippen LogP contribution in [0.5, 0.6) is 5.75 Å². The lowest BCUT2D eigenvalue weighted by Crippen LogP contribution is -2.58. The second kappa shape index (κ2) is 11.5. The van der Waals surface area contributed by atoms with Crippen molar-refractivity contribution >= 4 is 5.97 Å². The van der Waals surface area contributed by atoms with Crippen LogP contribution in [-0.4, -0.2) is 29.5 Å². The van der Waals surface area contributed by atoms with E-state index < -0.39 is 22.6 Å². The Morgan fingerprint density at radius 1 is 1.05 bits per heavy atom. The number of aliphatic hydroxyl groups is 1. The van der Waals surface area contributed by atoms with Crippen LogP contribution in [0.4, 0.5) is 13.2 Å². The Balaban J connectivity index is 1.32. The van der Waals surface area contributed by atoms with Crippen LogP contribution in [-0.2, 0) is 22.6 Å². The zero-order valence-electron chi connectivity index (χ0n) is 25.3.